The van der Waals surface area contributed by atoms with Crippen molar-refractivity contribution in [3.63, 3.8) is 0 Å². The van der Waals surface area contributed by atoms with Crippen molar-refractivity contribution < 1.29 is 4.39 Å². The van der Waals surface area contributed by atoms with Gasteiger partial charge in [-0.2, -0.15) is 0 Å². The molecule has 3 aromatic rings. The average Bonchev–Trinajstić information content (AvgIpc) is 2.42. The van der Waals surface area contributed by atoms with Crippen molar-refractivity contribution in [1.82, 2.24) is 9.97 Å². The fourth-order valence-corrected chi connectivity index (χ4v) is 3.24. The van der Waals surface area contributed by atoms with Gasteiger partial charge in [0.25, 0.3) is 0 Å². The first-order valence-electron chi connectivity index (χ1n) is 6.05. The van der Waals surface area contributed by atoms with Crippen LogP contribution in [0, 0.1) is 12.7 Å². The van der Waals surface area contributed by atoms with Gasteiger partial charge in [0.1, 0.15) is 16.5 Å². The van der Waals surface area contributed by atoms with Crippen LogP contribution >= 0.6 is 39.1 Å². The molecule has 0 spiro atoms. The third-order valence-corrected chi connectivity index (χ3v) is 4.30. The van der Waals surface area contributed by atoms with E-state index >= 15 is 0 Å². The summed E-state index contributed by atoms with van der Waals surface area (Å²) in [4.78, 5) is 8.59. The zero-order chi connectivity index (χ0) is 15.1. The third-order valence-electron chi connectivity index (χ3n) is 3.14. The van der Waals surface area contributed by atoms with Gasteiger partial charge in [-0.25, -0.2) is 14.4 Å². The van der Waals surface area contributed by atoms with Crippen molar-refractivity contribution >= 4 is 50.0 Å². The third kappa shape index (κ3) is 2.63. The zero-order valence-electron chi connectivity index (χ0n) is 10.8. The largest absolute Gasteiger partial charge is 0.225 e. The number of nitrogens with zero attached hydrogens (tertiary/aromatic N) is 2. The molecule has 1 heterocycles. The summed E-state index contributed by atoms with van der Waals surface area (Å²) in [5.41, 5.74) is 1.85. The molecule has 0 amide bonds. The summed E-state index contributed by atoms with van der Waals surface area (Å²) in [6, 6.07) is 8.26. The lowest BCUT2D eigenvalue weighted by molar-refractivity contribution is 0.636. The molecule has 0 aliphatic carbocycles. The molecule has 0 bridgehead atoms. The van der Waals surface area contributed by atoms with Crippen LogP contribution in [0.1, 0.15) is 5.56 Å². The maximum absolute atomic E-state index is 14.0. The Bertz CT molecular complexity index is 868. The summed E-state index contributed by atoms with van der Waals surface area (Å²) in [5, 5.41) is 1.29. The molecular weight excluding hydrogens is 378 g/mol. The highest BCUT2D eigenvalue weighted by Gasteiger charge is 2.15. The van der Waals surface area contributed by atoms with Crippen LogP contribution in [0.25, 0.3) is 22.3 Å². The van der Waals surface area contributed by atoms with Crippen LogP contribution in [0.3, 0.4) is 0 Å². The maximum Gasteiger partial charge on any atom is 0.161 e. The quantitative estimate of drug-likeness (QED) is 0.493. The van der Waals surface area contributed by atoms with Crippen molar-refractivity contribution in [2.45, 2.75) is 6.92 Å². The van der Waals surface area contributed by atoms with E-state index in [4.69, 9.17) is 23.2 Å². The number of benzene rings is 2. The lowest BCUT2D eigenvalue weighted by atomic mass is 10.1. The van der Waals surface area contributed by atoms with E-state index in [2.05, 4.69) is 25.9 Å². The van der Waals surface area contributed by atoms with E-state index in [1.807, 2.05) is 6.92 Å². The standard InChI is InChI=1S/C15H8BrCl2FN2/c1-7-6-8(17)2-3-9(7)15-20-13-11(19)5-4-10(16)12(13)14(18)21-15/h2-6H,1H3. The molecule has 2 aromatic carbocycles. The predicted molar refractivity (Wildman–Crippen MR) is 87.4 cm³/mol. The highest BCUT2D eigenvalue weighted by Crippen LogP contribution is 2.33. The predicted octanol–water partition coefficient (Wildman–Crippen LogP) is 5.81. The Morgan fingerprint density at radius 2 is 1.86 bits per heavy atom. The molecule has 0 unspecified atom stereocenters. The average molecular weight is 386 g/mol. The van der Waals surface area contributed by atoms with Crippen LogP contribution < -0.4 is 0 Å². The molecule has 0 atom stereocenters. The van der Waals surface area contributed by atoms with Gasteiger partial charge < -0.3 is 0 Å². The second-order valence-corrected chi connectivity index (χ2v) is 6.20. The Kier molecular flexibility index (Phi) is 3.86. The first-order valence-corrected chi connectivity index (χ1v) is 7.60. The van der Waals surface area contributed by atoms with Gasteiger partial charge in [0.05, 0.1) is 5.39 Å². The molecule has 6 heteroatoms. The van der Waals surface area contributed by atoms with Gasteiger partial charge in [-0.1, -0.05) is 23.2 Å². The first kappa shape index (κ1) is 14.7. The Morgan fingerprint density at radius 3 is 2.57 bits per heavy atom. The molecule has 3 rings (SSSR count). The van der Waals surface area contributed by atoms with E-state index in [-0.39, 0.29) is 10.7 Å². The molecule has 0 fully saturated rings. The fraction of sp³-hybridized carbons (Fsp3) is 0.0667. The molecule has 1 aromatic heterocycles. The van der Waals surface area contributed by atoms with Crippen LogP contribution in [0.2, 0.25) is 10.2 Å². The summed E-state index contributed by atoms with van der Waals surface area (Å²) in [6.45, 7) is 1.89. The van der Waals surface area contributed by atoms with Crippen LogP contribution in [-0.2, 0) is 0 Å². The highest BCUT2D eigenvalue weighted by molar-refractivity contribution is 9.10. The van der Waals surface area contributed by atoms with E-state index in [9.17, 15) is 4.39 Å². The normalized spacial score (nSPS) is 11.1. The fourth-order valence-electron chi connectivity index (χ4n) is 2.12. The van der Waals surface area contributed by atoms with E-state index in [1.54, 1.807) is 24.3 Å². The minimum absolute atomic E-state index is 0.189. The van der Waals surface area contributed by atoms with E-state index < -0.39 is 5.82 Å². The van der Waals surface area contributed by atoms with Crippen LogP contribution in [0.5, 0.6) is 0 Å². The van der Waals surface area contributed by atoms with Gasteiger partial charge in [-0.05, 0) is 58.7 Å². The number of halogens is 4. The Morgan fingerprint density at radius 1 is 1.10 bits per heavy atom. The van der Waals surface area contributed by atoms with Gasteiger partial charge in [-0.15, -0.1) is 0 Å². The van der Waals surface area contributed by atoms with Crippen LogP contribution in [-0.4, -0.2) is 9.97 Å². The molecule has 21 heavy (non-hydrogen) atoms. The molecular formula is C15H8BrCl2FN2. The topological polar surface area (TPSA) is 25.8 Å². The second-order valence-electron chi connectivity index (χ2n) is 4.55. The minimum atomic E-state index is -0.439. The lowest BCUT2D eigenvalue weighted by Crippen LogP contribution is -1.96. The highest BCUT2D eigenvalue weighted by atomic mass is 79.9. The zero-order valence-corrected chi connectivity index (χ0v) is 13.9. The van der Waals surface area contributed by atoms with Gasteiger partial charge in [0.15, 0.2) is 5.82 Å². The number of aromatic nitrogens is 2. The summed E-state index contributed by atoms with van der Waals surface area (Å²) in [6.07, 6.45) is 0. The summed E-state index contributed by atoms with van der Waals surface area (Å²) in [5.74, 6) is -0.0657. The van der Waals surface area contributed by atoms with Gasteiger partial charge in [0.2, 0.25) is 0 Å². The molecule has 0 radical (unpaired) electrons. The van der Waals surface area contributed by atoms with Crippen molar-refractivity contribution in [2.24, 2.45) is 0 Å². The van der Waals surface area contributed by atoms with E-state index in [1.165, 1.54) is 6.07 Å². The Labute approximate surface area is 139 Å². The monoisotopic (exact) mass is 384 g/mol. The van der Waals surface area contributed by atoms with Crippen molar-refractivity contribution in [1.29, 1.82) is 0 Å². The molecule has 2 nitrogen and oxygen atoms in total. The van der Waals surface area contributed by atoms with Crippen LogP contribution in [0.15, 0.2) is 34.8 Å². The number of rotatable bonds is 1. The second kappa shape index (κ2) is 5.52. The van der Waals surface area contributed by atoms with Gasteiger partial charge >= 0.3 is 0 Å². The first-order chi connectivity index (χ1) is 9.97. The molecule has 0 saturated heterocycles. The van der Waals surface area contributed by atoms with E-state index in [0.29, 0.717) is 20.7 Å². The molecule has 0 aliphatic rings. The molecule has 0 N–H and O–H groups in total. The maximum atomic E-state index is 14.0. The van der Waals surface area contributed by atoms with Crippen molar-refractivity contribution in [2.75, 3.05) is 0 Å². The van der Waals surface area contributed by atoms with Gasteiger partial charge in [-0.3, -0.25) is 0 Å². The number of hydrogen-bond acceptors (Lipinski definition) is 2. The summed E-state index contributed by atoms with van der Waals surface area (Å²) < 4.78 is 14.7. The van der Waals surface area contributed by atoms with E-state index in [0.717, 1.165) is 11.1 Å². The lowest BCUT2D eigenvalue weighted by Gasteiger charge is -2.09. The SMILES string of the molecule is Cc1cc(Cl)ccc1-c1nc(Cl)c2c(Br)ccc(F)c2n1. The van der Waals surface area contributed by atoms with Crippen molar-refractivity contribution in [3.05, 3.63) is 56.4 Å². The van der Waals surface area contributed by atoms with Crippen LogP contribution in [0.4, 0.5) is 4.39 Å². The minimum Gasteiger partial charge on any atom is -0.225 e. The molecule has 0 aliphatic heterocycles. The Balaban J connectivity index is 2.33. The smallest absolute Gasteiger partial charge is 0.161 e. The number of aryl methyl sites for hydroxylation is 1. The molecule has 0 saturated carbocycles. The summed E-state index contributed by atoms with van der Waals surface area (Å²) in [7, 11) is 0. The number of hydrogen-bond donors (Lipinski definition) is 0. The Hall–Kier alpha value is -1.23. The summed E-state index contributed by atoms with van der Waals surface area (Å²) >= 11 is 15.5. The van der Waals surface area contributed by atoms with Crippen molar-refractivity contribution in [3.8, 4) is 11.4 Å². The molecule has 106 valence electrons. The van der Waals surface area contributed by atoms with Gasteiger partial charge in [0, 0.05) is 15.1 Å². The number of fused-ring (bicyclic) bond motifs is 1.